The molecule has 1 saturated heterocycles. The monoisotopic (exact) mass is 211 g/mol. The van der Waals surface area contributed by atoms with Gasteiger partial charge in [-0.1, -0.05) is 6.92 Å². The number of alkyl halides is 1. The SMILES string of the molecule is CCc1cc(N2CCC(Cl)C2)ncn1. The van der Waals surface area contributed by atoms with E-state index in [1.165, 1.54) is 0 Å². The lowest BCUT2D eigenvalue weighted by atomic mass is 10.3. The minimum atomic E-state index is 0.273. The molecule has 0 aromatic carbocycles. The first-order valence-electron chi connectivity index (χ1n) is 4.99. The first kappa shape index (κ1) is 9.71. The Morgan fingerprint density at radius 2 is 2.43 bits per heavy atom. The van der Waals surface area contributed by atoms with Crippen LogP contribution in [0.25, 0.3) is 0 Å². The highest BCUT2D eigenvalue weighted by Crippen LogP contribution is 2.21. The largest absolute Gasteiger partial charge is 0.355 e. The van der Waals surface area contributed by atoms with Gasteiger partial charge >= 0.3 is 0 Å². The van der Waals surface area contributed by atoms with Crippen molar-refractivity contribution in [2.45, 2.75) is 25.1 Å². The lowest BCUT2D eigenvalue weighted by molar-refractivity contribution is 0.907. The molecule has 1 atom stereocenters. The van der Waals surface area contributed by atoms with Crippen molar-refractivity contribution in [1.82, 2.24) is 9.97 Å². The second kappa shape index (κ2) is 4.13. The van der Waals surface area contributed by atoms with Gasteiger partial charge < -0.3 is 4.90 Å². The van der Waals surface area contributed by atoms with Gasteiger partial charge in [0, 0.05) is 24.8 Å². The molecular weight excluding hydrogens is 198 g/mol. The van der Waals surface area contributed by atoms with E-state index in [0.717, 1.165) is 37.4 Å². The summed E-state index contributed by atoms with van der Waals surface area (Å²) in [5.74, 6) is 1.01. The lowest BCUT2D eigenvalue weighted by Gasteiger charge is -2.16. The van der Waals surface area contributed by atoms with E-state index in [1.54, 1.807) is 6.33 Å². The van der Waals surface area contributed by atoms with Crippen molar-refractivity contribution in [3.05, 3.63) is 18.1 Å². The molecule has 0 spiro atoms. The molecule has 1 fully saturated rings. The Hall–Kier alpha value is -0.830. The molecule has 4 heteroatoms. The zero-order chi connectivity index (χ0) is 9.97. The highest BCUT2D eigenvalue weighted by Gasteiger charge is 2.21. The fourth-order valence-corrected chi connectivity index (χ4v) is 1.94. The summed E-state index contributed by atoms with van der Waals surface area (Å²) in [6.45, 7) is 4.01. The molecule has 1 aliphatic rings. The molecule has 76 valence electrons. The van der Waals surface area contributed by atoms with Crippen LogP contribution in [0.5, 0.6) is 0 Å². The van der Waals surface area contributed by atoms with Gasteiger partial charge in [-0.05, 0) is 12.8 Å². The third kappa shape index (κ3) is 1.98. The molecule has 2 rings (SSSR count). The topological polar surface area (TPSA) is 29.0 Å². The van der Waals surface area contributed by atoms with Crippen LogP contribution in [0.2, 0.25) is 0 Å². The van der Waals surface area contributed by atoms with Crippen molar-refractivity contribution in [2.24, 2.45) is 0 Å². The van der Waals surface area contributed by atoms with E-state index in [4.69, 9.17) is 11.6 Å². The van der Waals surface area contributed by atoms with Crippen molar-refractivity contribution in [3.63, 3.8) is 0 Å². The van der Waals surface area contributed by atoms with Crippen LogP contribution in [0, 0.1) is 0 Å². The summed E-state index contributed by atoms with van der Waals surface area (Å²) in [4.78, 5) is 10.7. The predicted molar refractivity (Wildman–Crippen MR) is 57.9 cm³/mol. The van der Waals surface area contributed by atoms with Crippen molar-refractivity contribution in [2.75, 3.05) is 18.0 Å². The molecule has 2 heterocycles. The molecule has 1 aromatic heterocycles. The van der Waals surface area contributed by atoms with E-state index in [9.17, 15) is 0 Å². The normalized spacial score (nSPS) is 21.6. The molecule has 0 saturated carbocycles. The first-order valence-corrected chi connectivity index (χ1v) is 5.43. The van der Waals surface area contributed by atoms with Gasteiger partial charge in [0.1, 0.15) is 12.1 Å². The van der Waals surface area contributed by atoms with Crippen LogP contribution < -0.4 is 4.90 Å². The number of hydrogen-bond donors (Lipinski definition) is 0. The molecule has 1 unspecified atom stereocenters. The predicted octanol–water partition coefficient (Wildman–Crippen LogP) is 1.86. The second-order valence-corrected chi connectivity index (χ2v) is 4.17. The summed E-state index contributed by atoms with van der Waals surface area (Å²) < 4.78 is 0. The molecule has 1 aliphatic heterocycles. The van der Waals surface area contributed by atoms with Gasteiger partial charge in [0.15, 0.2) is 0 Å². The molecule has 14 heavy (non-hydrogen) atoms. The van der Waals surface area contributed by atoms with Gasteiger partial charge in [-0.3, -0.25) is 0 Å². The quantitative estimate of drug-likeness (QED) is 0.700. The summed E-state index contributed by atoms with van der Waals surface area (Å²) >= 11 is 6.05. The van der Waals surface area contributed by atoms with E-state index in [-0.39, 0.29) is 5.38 Å². The third-order valence-corrected chi connectivity index (χ3v) is 2.88. The molecule has 1 aromatic rings. The number of anilines is 1. The molecule has 0 bridgehead atoms. The molecule has 0 radical (unpaired) electrons. The van der Waals surface area contributed by atoms with Crippen molar-refractivity contribution < 1.29 is 0 Å². The summed E-state index contributed by atoms with van der Waals surface area (Å²) in [5.41, 5.74) is 1.09. The summed E-state index contributed by atoms with van der Waals surface area (Å²) in [7, 11) is 0. The van der Waals surface area contributed by atoms with Crippen LogP contribution in [-0.4, -0.2) is 28.4 Å². The molecule has 0 amide bonds. The molecular formula is C10H14ClN3. The Balaban J connectivity index is 2.15. The van der Waals surface area contributed by atoms with Crippen LogP contribution in [0.3, 0.4) is 0 Å². The summed E-state index contributed by atoms with van der Waals surface area (Å²) in [6.07, 6.45) is 3.64. The lowest BCUT2D eigenvalue weighted by Crippen LogP contribution is -2.21. The maximum absolute atomic E-state index is 6.05. The molecule has 0 aliphatic carbocycles. The maximum Gasteiger partial charge on any atom is 0.132 e. The smallest absolute Gasteiger partial charge is 0.132 e. The zero-order valence-corrected chi connectivity index (χ0v) is 9.04. The second-order valence-electron chi connectivity index (χ2n) is 3.55. The number of nitrogens with zero attached hydrogens (tertiary/aromatic N) is 3. The summed E-state index contributed by atoms with van der Waals surface area (Å²) in [6, 6.07) is 2.05. The first-order chi connectivity index (χ1) is 6.79. The van der Waals surface area contributed by atoms with Crippen LogP contribution in [0.15, 0.2) is 12.4 Å². The van der Waals surface area contributed by atoms with Gasteiger partial charge in [-0.15, -0.1) is 11.6 Å². The number of rotatable bonds is 2. The minimum absolute atomic E-state index is 0.273. The fourth-order valence-electron chi connectivity index (χ4n) is 1.68. The zero-order valence-electron chi connectivity index (χ0n) is 8.28. The molecule has 3 nitrogen and oxygen atoms in total. The van der Waals surface area contributed by atoms with Crippen molar-refractivity contribution in [1.29, 1.82) is 0 Å². The van der Waals surface area contributed by atoms with E-state index >= 15 is 0 Å². The minimum Gasteiger partial charge on any atom is -0.355 e. The van der Waals surface area contributed by atoms with Crippen molar-refractivity contribution in [3.8, 4) is 0 Å². The van der Waals surface area contributed by atoms with Crippen molar-refractivity contribution >= 4 is 17.4 Å². The molecule has 0 N–H and O–H groups in total. The number of aromatic nitrogens is 2. The van der Waals surface area contributed by atoms with Gasteiger partial charge in [0.25, 0.3) is 0 Å². The van der Waals surface area contributed by atoms with Crippen LogP contribution in [-0.2, 0) is 6.42 Å². The van der Waals surface area contributed by atoms with Gasteiger partial charge in [0.05, 0.1) is 5.38 Å². The van der Waals surface area contributed by atoms with Gasteiger partial charge in [-0.2, -0.15) is 0 Å². The van der Waals surface area contributed by atoms with Gasteiger partial charge in [-0.25, -0.2) is 9.97 Å². The Bertz CT molecular complexity index is 316. The Morgan fingerprint density at radius 1 is 1.57 bits per heavy atom. The Morgan fingerprint density at radius 3 is 3.07 bits per heavy atom. The van der Waals surface area contributed by atoms with E-state index in [1.807, 2.05) is 0 Å². The fraction of sp³-hybridized carbons (Fsp3) is 0.600. The Kier molecular flexibility index (Phi) is 2.87. The van der Waals surface area contributed by atoms with Crippen LogP contribution in [0.1, 0.15) is 19.0 Å². The standard InChI is InChI=1S/C10H14ClN3/c1-2-9-5-10(13-7-12-9)14-4-3-8(11)6-14/h5,7-8H,2-4,6H2,1H3. The van der Waals surface area contributed by atoms with E-state index in [2.05, 4.69) is 27.9 Å². The summed E-state index contributed by atoms with van der Waals surface area (Å²) in [5, 5.41) is 0.273. The van der Waals surface area contributed by atoms with E-state index in [0.29, 0.717) is 0 Å². The average molecular weight is 212 g/mol. The highest BCUT2D eigenvalue weighted by atomic mass is 35.5. The van der Waals surface area contributed by atoms with E-state index < -0.39 is 0 Å². The third-order valence-electron chi connectivity index (χ3n) is 2.53. The van der Waals surface area contributed by atoms with Crippen LogP contribution in [0.4, 0.5) is 5.82 Å². The van der Waals surface area contributed by atoms with Crippen LogP contribution >= 0.6 is 11.6 Å². The average Bonchev–Trinajstić information content (AvgIpc) is 2.65. The Labute approximate surface area is 89.1 Å². The highest BCUT2D eigenvalue weighted by molar-refractivity contribution is 6.21. The maximum atomic E-state index is 6.05. The number of aryl methyl sites for hydroxylation is 1. The number of halogens is 1. The van der Waals surface area contributed by atoms with Gasteiger partial charge in [0.2, 0.25) is 0 Å². The number of hydrogen-bond acceptors (Lipinski definition) is 3.